The number of carbonyl (C=O) groups is 2. The van der Waals surface area contributed by atoms with Crippen molar-refractivity contribution in [3.63, 3.8) is 0 Å². The predicted molar refractivity (Wildman–Crippen MR) is 90.0 cm³/mol. The molecular formula is C18H16N4O3. The third-order valence-electron chi connectivity index (χ3n) is 3.76. The topological polar surface area (TPSA) is 95.3 Å². The van der Waals surface area contributed by atoms with Crippen LogP contribution < -0.4 is 10.1 Å². The maximum absolute atomic E-state index is 12.4. The molecule has 1 aromatic carbocycles. The van der Waals surface area contributed by atoms with Crippen LogP contribution in [0, 0.1) is 11.3 Å². The summed E-state index contributed by atoms with van der Waals surface area (Å²) >= 11 is 0. The Morgan fingerprint density at radius 3 is 2.64 bits per heavy atom. The molecule has 2 heterocycles. The summed E-state index contributed by atoms with van der Waals surface area (Å²) in [5.41, 5.74) is 1.57. The Morgan fingerprint density at radius 2 is 2.00 bits per heavy atom. The molecule has 1 aromatic heterocycles. The summed E-state index contributed by atoms with van der Waals surface area (Å²) in [5, 5.41) is 11.7. The Kier molecular flexibility index (Phi) is 4.61. The highest BCUT2D eigenvalue weighted by Crippen LogP contribution is 2.21. The smallest absolute Gasteiger partial charge is 0.254 e. The number of aromatic nitrogens is 1. The molecule has 2 aromatic rings. The first-order valence-corrected chi connectivity index (χ1v) is 7.75. The molecule has 0 unspecified atom stereocenters. The van der Waals surface area contributed by atoms with Crippen LogP contribution in [0.25, 0.3) is 0 Å². The predicted octanol–water partition coefficient (Wildman–Crippen LogP) is 1.82. The van der Waals surface area contributed by atoms with E-state index in [1.165, 1.54) is 6.92 Å². The van der Waals surface area contributed by atoms with Gasteiger partial charge in [0.25, 0.3) is 5.91 Å². The van der Waals surface area contributed by atoms with Gasteiger partial charge in [-0.2, -0.15) is 5.26 Å². The van der Waals surface area contributed by atoms with E-state index in [0.717, 1.165) is 0 Å². The molecule has 2 amide bonds. The number of anilines is 1. The molecule has 1 aliphatic heterocycles. The standard InChI is InChI=1S/C18H16N4O3/c1-12(23)21-15-6-4-13(5-7-15)18(24)22-10-16(11-22)25-17-14(9-19)3-2-8-20-17/h2-8,16H,10-11H2,1H3,(H,21,23). The second-order valence-electron chi connectivity index (χ2n) is 5.68. The van der Waals surface area contributed by atoms with E-state index in [1.54, 1.807) is 47.5 Å². The van der Waals surface area contributed by atoms with Crippen molar-refractivity contribution >= 4 is 17.5 Å². The van der Waals surface area contributed by atoms with Crippen LogP contribution in [0.4, 0.5) is 5.69 Å². The summed E-state index contributed by atoms with van der Waals surface area (Å²) in [6.45, 7) is 2.31. The summed E-state index contributed by atoms with van der Waals surface area (Å²) in [6.07, 6.45) is 1.39. The maximum atomic E-state index is 12.4. The average Bonchev–Trinajstić information content (AvgIpc) is 2.57. The van der Waals surface area contributed by atoms with Crippen molar-refractivity contribution in [3.05, 3.63) is 53.7 Å². The highest BCUT2D eigenvalue weighted by atomic mass is 16.5. The van der Waals surface area contributed by atoms with E-state index in [-0.39, 0.29) is 17.9 Å². The zero-order chi connectivity index (χ0) is 17.8. The summed E-state index contributed by atoms with van der Waals surface area (Å²) in [5.74, 6) is 0.0329. The number of carbonyl (C=O) groups excluding carboxylic acids is 2. The Morgan fingerprint density at radius 1 is 1.28 bits per heavy atom. The van der Waals surface area contributed by atoms with Crippen molar-refractivity contribution in [1.29, 1.82) is 5.26 Å². The molecule has 3 rings (SSSR count). The van der Waals surface area contributed by atoms with Crippen LogP contribution in [0.1, 0.15) is 22.8 Å². The van der Waals surface area contributed by atoms with Gasteiger partial charge in [-0.25, -0.2) is 4.98 Å². The number of ether oxygens (including phenoxy) is 1. The van der Waals surface area contributed by atoms with E-state index in [1.807, 2.05) is 6.07 Å². The number of likely N-dealkylation sites (tertiary alicyclic amines) is 1. The van der Waals surface area contributed by atoms with Gasteiger partial charge in [0.05, 0.1) is 13.1 Å². The molecule has 1 N–H and O–H groups in total. The van der Waals surface area contributed by atoms with Gasteiger partial charge in [-0.1, -0.05) is 0 Å². The third-order valence-corrected chi connectivity index (χ3v) is 3.76. The van der Waals surface area contributed by atoms with Gasteiger partial charge in [0, 0.05) is 24.4 Å². The summed E-state index contributed by atoms with van der Waals surface area (Å²) < 4.78 is 5.68. The minimum atomic E-state index is -0.176. The van der Waals surface area contributed by atoms with Crippen molar-refractivity contribution in [2.45, 2.75) is 13.0 Å². The van der Waals surface area contributed by atoms with Gasteiger partial charge in [0.15, 0.2) is 0 Å². The largest absolute Gasteiger partial charge is 0.470 e. The molecule has 1 saturated heterocycles. The van der Waals surface area contributed by atoms with Crippen LogP contribution in [0.5, 0.6) is 5.88 Å². The van der Waals surface area contributed by atoms with Gasteiger partial charge >= 0.3 is 0 Å². The number of nitrogens with one attached hydrogen (secondary N) is 1. The van der Waals surface area contributed by atoms with E-state index < -0.39 is 0 Å². The van der Waals surface area contributed by atoms with Gasteiger partial charge in [0.1, 0.15) is 17.7 Å². The highest BCUT2D eigenvalue weighted by Gasteiger charge is 2.33. The molecule has 0 radical (unpaired) electrons. The number of hydrogen-bond donors (Lipinski definition) is 1. The minimum Gasteiger partial charge on any atom is -0.470 e. The van der Waals surface area contributed by atoms with Crippen LogP contribution in [0.2, 0.25) is 0 Å². The Balaban J connectivity index is 1.56. The molecule has 126 valence electrons. The van der Waals surface area contributed by atoms with E-state index >= 15 is 0 Å². The molecule has 25 heavy (non-hydrogen) atoms. The lowest BCUT2D eigenvalue weighted by Crippen LogP contribution is -2.56. The number of rotatable bonds is 4. The van der Waals surface area contributed by atoms with Crippen LogP contribution in [-0.4, -0.2) is 40.9 Å². The molecule has 0 saturated carbocycles. The van der Waals surface area contributed by atoms with E-state index in [0.29, 0.717) is 35.8 Å². The SMILES string of the molecule is CC(=O)Nc1ccc(C(=O)N2CC(Oc3ncccc3C#N)C2)cc1. The van der Waals surface area contributed by atoms with Crippen LogP contribution in [-0.2, 0) is 4.79 Å². The summed E-state index contributed by atoms with van der Waals surface area (Å²) in [4.78, 5) is 29.1. The molecule has 7 heteroatoms. The third kappa shape index (κ3) is 3.75. The lowest BCUT2D eigenvalue weighted by molar-refractivity contribution is -0.114. The highest BCUT2D eigenvalue weighted by molar-refractivity contribution is 5.96. The lowest BCUT2D eigenvalue weighted by atomic mass is 10.1. The number of benzene rings is 1. The number of nitrogens with zero attached hydrogens (tertiary/aromatic N) is 3. The first-order valence-electron chi connectivity index (χ1n) is 7.75. The molecule has 0 aliphatic carbocycles. The number of amides is 2. The molecule has 1 fully saturated rings. The molecular weight excluding hydrogens is 320 g/mol. The zero-order valence-electron chi connectivity index (χ0n) is 13.6. The fraction of sp³-hybridized carbons (Fsp3) is 0.222. The summed E-state index contributed by atoms with van der Waals surface area (Å²) in [6, 6.07) is 12.1. The molecule has 7 nitrogen and oxygen atoms in total. The fourth-order valence-electron chi connectivity index (χ4n) is 2.49. The second kappa shape index (κ2) is 7.01. The normalized spacial score (nSPS) is 13.5. The molecule has 0 atom stereocenters. The van der Waals surface area contributed by atoms with Gasteiger partial charge < -0.3 is 15.0 Å². The van der Waals surface area contributed by atoms with Crippen molar-refractivity contribution in [1.82, 2.24) is 9.88 Å². The molecule has 0 spiro atoms. The first kappa shape index (κ1) is 16.5. The van der Waals surface area contributed by atoms with Crippen LogP contribution >= 0.6 is 0 Å². The van der Waals surface area contributed by atoms with E-state index in [9.17, 15) is 9.59 Å². The van der Waals surface area contributed by atoms with E-state index in [4.69, 9.17) is 10.00 Å². The van der Waals surface area contributed by atoms with Crippen molar-refractivity contribution in [2.24, 2.45) is 0 Å². The van der Waals surface area contributed by atoms with Gasteiger partial charge in [-0.3, -0.25) is 9.59 Å². The Bertz CT molecular complexity index is 836. The summed E-state index contributed by atoms with van der Waals surface area (Å²) in [7, 11) is 0. The fourth-order valence-corrected chi connectivity index (χ4v) is 2.49. The lowest BCUT2D eigenvalue weighted by Gasteiger charge is -2.38. The molecule has 1 aliphatic rings. The monoisotopic (exact) mass is 336 g/mol. The number of nitriles is 1. The van der Waals surface area contributed by atoms with Crippen molar-refractivity contribution < 1.29 is 14.3 Å². The number of pyridine rings is 1. The minimum absolute atomic E-state index is 0.101. The molecule has 0 bridgehead atoms. The second-order valence-corrected chi connectivity index (χ2v) is 5.68. The Labute approximate surface area is 144 Å². The zero-order valence-corrected chi connectivity index (χ0v) is 13.6. The van der Waals surface area contributed by atoms with Gasteiger partial charge in [0.2, 0.25) is 11.8 Å². The number of hydrogen-bond acceptors (Lipinski definition) is 5. The van der Waals surface area contributed by atoms with Gasteiger partial charge in [-0.05, 0) is 36.4 Å². The van der Waals surface area contributed by atoms with Crippen LogP contribution in [0.3, 0.4) is 0 Å². The van der Waals surface area contributed by atoms with E-state index in [2.05, 4.69) is 10.3 Å². The van der Waals surface area contributed by atoms with Crippen molar-refractivity contribution in [2.75, 3.05) is 18.4 Å². The van der Waals surface area contributed by atoms with Gasteiger partial charge in [-0.15, -0.1) is 0 Å². The maximum Gasteiger partial charge on any atom is 0.254 e. The van der Waals surface area contributed by atoms with Crippen LogP contribution in [0.15, 0.2) is 42.6 Å². The first-order chi connectivity index (χ1) is 12.1. The Hall–Kier alpha value is -3.40. The van der Waals surface area contributed by atoms with Crippen molar-refractivity contribution in [3.8, 4) is 11.9 Å². The quantitative estimate of drug-likeness (QED) is 0.919. The average molecular weight is 336 g/mol.